The lowest BCUT2D eigenvalue weighted by atomic mass is 10.1. The van der Waals surface area contributed by atoms with E-state index in [1.165, 1.54) is 0 Å². The highest BCUT2D eigenvalue weighted by Crippen LogP contribution is 2.18. The second kappa shape index (κ2) is 7.08. The molecule has 0 amide bonds. The van der Waals surface area contributed by atoms with Crippen molar-refractivity contribution < 1.29 is 14.6 Å². The maximum atomic E-state index is 11.3. The molecule has 1 N–H and O–H groups in total. The molecular weight excluding hydrogens is 276 g/mol. The largest absolute Gasteiger partial charge is 0.479 e. The van der Waals surface area contributed by atoms with Crippen LogP contribution in [0.25, 0.3) is 0 Å². The van der Waals surface area contributed by atoms with E-state index in [0.29, 0.717) is 5.02 Å². The Bertz CT molecular complexity index is 569. The zero-order chi connectivity index (χ0) is 14.4. The molecule has 4 heteroatoms. The highest BCUT2D eigenvalue weighted by Gasteiger charge is 2.19. The van der Waals surface area contributed by atoms with E-state index < -0.39 is 12.1 Å². The third kappa shape index (κ3) is 4.08. The molecule has 2 aromatic carbocycles. The van der Waals surface area contributed by atoms with Gasteiger partial charge in [0.05, 0.1) is 6.61 Å². The lowest BCUT2D eigenvalue weighted by Gasteiger charge is -2.14. The highest BCUT2D eigenvalue weighted by molar-refractivity contribution is 6.31. The number of carboxylic acids is 1. The standard InChI is InChI=1S/C16H15ClO3/c17-14-9-5-4-8-13(14)10-15(16(18)19)20-11-12-6-2-1-3-7-12/h1-9,15H,10-11H2,(H,18,19). The Balaban J connectivity index is 2.01. The lowest BCUT2D eigenvalue weighted by Crippen LogP contribution is -2.26. The third-order valence-corrected chi connectivity index (χ3v) is 3.30. The Morgan fingerprint density at radius 2 is 1.75 bits per heavy atom. The number of hydrogen-bond donors (Lipinski definition) is 1. The van der Waals surface area contributed by atoms with Crippen LogP contribution in [0.4, 0.5) is 0 Å². The predicted octanol–water partition coefficient (Wildman–Crippen LogP) is 3.55. The second-order valence-electron chi connectivity index (χ2n) is 4.42. The molecule has 0 saturated heterocycles. The van der Waals surface area contributed by atoms with Crippen molar-refractivity contribution >= 4 is 17.6 Å². The van der Waals surface area contributed by atoms with Gasteiger partial charge in [0.15, 0.2) is 6.10 Å². The monoisotopic (exact) mass is 290 g/mol. The Labute approximate surface area is 122 Å². The lowest BCUT2D eigenvalue weighted by molar-refractivity contribution is -0.151. The van der Waals surface area contributed by atoms with Crippen molar-refractivity contribution in [3.63, 3.8) is 0 Å². The van der Waals surface area contributed by atoms with Crippen molar-refractivity contribution in [1.29, 1.82) is 0 Å². The summed E-state index contributed by atoms with van der Waals surface area (Å²) < 4.78 is 5.49. The van der Waals surface area contributed by atoms with Gasteiger partial charge in [-0.1, -0.05) is 60.1 Å². The molecule has 20 heavy (non-hydrogen) atoms. The van der Waals surface area contributed by atoms with Crippen LogP contribution >= 0.6 is 11.6 Å². The summed E-state index contributed by atoms with van der Waals surface area (Å²) in [4.78, 5) is 11.3. The average molecular weight is 291 g/mol. The molecule has 0 spiro atoms. The third-order valence-electron chi connectivity index (χ3n) is 2.93. The summed E-state index contributed by atoms with van der Waals surface area (Å²) in [6.45, 7) is 0.266. The Kier molecular flexibility index (Phi) is 5.16. The van der Waals surface area contributed by atoms with E-state index in [4.69, 9.17) is 16.3 Å². The Hall–Kier alpha value is -1.84. The van der Waals surface area contributed by atoms with Crippen molar-refractivity contribution in [1.82, 2.24) is 0 Å². The highest BCUT2D eigenvalue weighted by atomic mass is 35.5. The number of rotatable bonds is 6. The molecule has 0 heterocycles. The van der Waals surface area contributed by atoms with Gasteiger partial charge >= 0.3 is 5.97 Å². The SMILES string of the molecule is O=C(O)C(Cc1ccccc1Cl)OCc1ccccc1. The summed E-state index contributed by atoms with van der Waals surface area (Å²) in [7, 11) is 0. The molecule has 1 atom stereocenters. The molecule has 0 fully saturated rings. The van der Waals surface area contributed by atoms with Crippen molar-refractivity contribution in [3.8, 4) is 0 Å². The van der Waals surface area contributed by atoms with Gasteiger partial charge in [0.1, 0.15) is 0 Å². The van der Waals surface area contributed by atoms with Crippen LogP contribution in [0.15, 0.2) is 54.6 Å². The molecule has 0 aliphatic heterocycles. The van der Waals surface area contributed by atoms with Gasteiger partial charge < -0.3 is 9.84 Å². The minimum Gasteiger partial charge on any atom is -0.479 e. The Morgan fingerprint density at radius 3 is 2.40 bits per heavy atom. The van der Waals surface area contributed by atoms with E-state index >= 15 is 0 Å². The van der Waals surface area contributed by atoms with E-state index in [9.17, 15) is 9.90 Å². The number of carbonyl (C=O) groups is 1. The van der Waals surface area contributed by atoms with E-state index in [-0.39, 0.29) is 13.0 Å². The first-order valence-electron chi connectivity index (χ1n) is 6.28. The fourth-order valence-electron chi connectivity index (χ4n) is 1.85. The summed E-state index contributed by atoms with van der Waals surface area (Å²) in [6, 6.07) is 16.7. The second-order valence-corrected chi connectivity index (χ2v) is 4.83. The van der Waals surface area contributed by atoms with Crippen LogP contribution in [0, 0.1) is 0 Å². The van der Waals surface area contributed by atoms with Crippen LogP contribution in [-0.2, 0) is 22.6 Å². The zero-order valence-electron chi connectivity index (χ0n) is 10.8. The van der Waals surface area contributed by atoms with Crippen LogP contribution in [-0.4, -0.2) is 17.2 Å². The molecular formula is C16H15ClO3. The van der Waals surface area contributed by atoms with Gasteiger partial charge in [-0.3, -0.25) is 0 Å². The number of halogens is 1. The van der Waals surface area contributed by atoms with Crippen LogP contribution in [0.5, 0.6) is 0 Å². The summed E-state index contributed by atoms with van der Waals surface area (Å²) in [6.07, 6.45) is -0.655. The van der Waals surface area contributed by atoms with E-state index in [1.807, 2.05) is 48.5 Å². The fraction of sp³-hybridized carbons (Fsp3) is 0.188. The molecule has 0 bridgehead atoms. The van der Waals surface area contributed by atoms with Crippen LogP contribution in [0.1, 0.15) is 11.1 Å². The summed E-state index contributed by atoms with van der Waals surface area (Å²) in [5, 5.41) is 9.79. The van der Waals surface area contributed by atoms with Gasteiger partial charge in [-0.2, -0.15) is 0 Å². The topological polar surface area (TPSA) is 46.5 Å². The summed E-state index contributed by atoms with van der Waals surface area (Å²) >= 11 is 6.04. The molecule has 0 aliphatic carbocycles. The minimum absolute atomic E-state index is 0.252. The fourth-order valence-corrected chi connectivity index (χ4v) is 2.07. The molecule has 2 aromatic rings. The van der Waals surface area contributed by atoms with E-state index in [2.05, 4.69) is 0 Å². The normalized spacial score (nSPS) is 12.1. The molecule has 1 unspecified atom stereocenters. The van der Waals surface area contributed by atoms with Crippen molar-refractivity contribution in [3.05, 3.63) is 70.7 Å². The van der Waals surface area contributed by atoms with Crippen molar-refractivity contribution in [2.45, 2.75) is 19.1 Å². The number of hydrogen-bond acceptors (Lipinski definition) is 2. The average Bonchev–Trinajstić information content (AvgIpc) is 2.46. The van der Waals surface area contributed by atoms with Crippen LogP contribution in [0.2, 0.25) is 5.02 Å². The molecule has 3 nitrogen and oxygen atoms in total. The molecule has 0 aliphatic rings. The van der Waals surface area contributed by atoms with Gasteiger partial charge in [0, 0.05) is 11.4 Å². The summed E-state index contributed by atoms with van der Waals surface area (Å²) in [5.41, 5.74) is 1.72. The van der Waals surface area contributed by atoms with Gasteiger partial charge in [-0.25, -0.2) is 4.79 Å². The molecule has 104 valence electrons. The van der Waals surface area contributed by atoms with Crippen LogP contribution < -0.4 is 0 Å². The van der Waals surface area contributed by atoms with Crippen LogP contribution in [0.3, 0.4) is 0 Å². The van der Waals surface area contributed by atoms with E-state index in [1.54, 1.807) is 6.07 Å². The van der Waals surface area contributed by atoms with E-state index in [0.717, 1.165) is 11.1 Å². The maximum absolute atomic E-state index is 11.3. The van der Waals surface area contributed by atoms with Gasteiger partial charge in [-0.05, 0) is 17.2 Å². The first-order chi connectivity index (χ1) is 9.66. The number of aliphatic carboxylic acids is 1. The first kappa shape index (κ1) is 14.6. The molecule has 0 radical (unpaired) electrons. The van der Waals surface area contributed by atoms with Crippen molar-refractivity contribution in [2.75, 3.05) is 0 Å². The smallest absolute Gasteiger partial charge is 0.333 e. The first-order valence-corrected chi connectivity index (χ1v) is 6.66. The number of ether oxygens (including phenoxy) is 1. The molecule has 0 saturated carbocycles. The number of carboxylic acid groups (broad SMARTS) is 1. The van der Waals surface area contributed by atoms with Gasteiger partial charge in [0.25, 0.3) is 0 Å². The number of benzene rings is 2. The molecule has 0 aromatic heterocycles. The van der Waals surface area contributed by atoms with Gasteiger partial charge in [0.2, 0.25) is 0 Å². The molecule has 2 rings (SSSR count). The predicted molar refractivity (Wildman–Crippen MR) is 77.8 cm³/mol. The maximum Gasteiger partial charge on any atom is 0.333 e. The van der Waals surface area contributed by atoms with Crippen molar-refractivity contribution in [2.24, 2.45) is 0 Å². The van der Waals surface area contributed by atoms with Gasteiger partial charge in [-0.15, -0.1) is 0 Å². The Morgan fingerprint density at radius 1 is 1.10 bits per heavy atom. The summed E-state index contributed by atoms with van der Waals surface area (Å²) in [5.74, 6) is -0.985. The zero-order valence-corrected chi connectivity index (χ0v) is 11.6. The minimum atomic E-state index is -0.985. The quantitative estimate of drug-likeness (QED) is 0.885.